The van der Waals surface area contributed by atoms with Crippen LogP contribution in [0, 0.1) is 5.92 Å². The number of methoxy groups -OCH3 is 1. The van der Waals surface area contributed by atoms with Crippen molar-refractivity contribution in [2.24, 2.45) is 5.92 Å². The summed E-state index contributed by atoms with van der Waals surface area (Å²) in [5, 5.41) is 3.42. The van der Waals surface area contributed by atoms with Gasteiger partial charge >= 0.3 is 0 Å². The molecular formula is C21H21N3O3S. The predicted molar refractivity (Wildman–Crippen MR) is 111 cm³/mol. The van der Waals surface area contributed by atoms with E-state index in [4.69, 9.17) is 4.74 Å². The van der Waals surface area contributed by atoms with Crippen molar-refractivity contribution >= 4 is 44.2 Å². The Morgan fingerprint density at radius 3 is 2.93 bits per heavy atom. The molecule has 7 heteroatoms. The van der Waals surface area contributed by atoms with Gasteiger partial charge in [-0.2, -0.15) is 0 Å². The van der Waals surface area contributed by atoms with E-state index in [1.54, 1.807) is 12.0 Å². The number of thiazole rings is 1. The van der Waals surface area contributed by atoms with Crippen molar-refractivity contribution in [1.29, 1.82) is 0 Å². The molecule has 144 valence electrons. The third kappa shape index (κ3) is 3.45. The number of amides is 2. The molecule has 0 spiro atoms. The van der Waals surface area contributed by atoms with Gasteiger partial charge in [-0.3, -0.25) is 9.59 Å². The van der Waals surface area contributed by atoms with Crippen LogP contribution in [0.3, 0.4) is 0 Å². The fourth-order valence-electron chi connectivity index (χ4n) is 3.48. The summed E-state index contributed by atoms with van der Waals surface area (Å²) in [5.74, 6) is 0.172. The van der Waals surface area contributed by atoms with Gasteiger partial charge < -0.3 is 15.0 Å². The van der Waals surface area contributed by atoms with Crippen LogP contribution in [-0.4, -0.2) is 30.5 Å². The first-order chi connectivity index (χ1) is 13.6. The molecule has 1 unspecified atom stereocenters. The van der Waals surface area contributed by atoms with E-state index < -0.39 is 0 Å². The summed E-state index contributed by atoms with van der Waals surface area (Å²) in [5.41, 5.74) is 2.82. The molecule has 4 rings (SSSR count). The van der Waals surface area contributed by atoms with Gasteiger partial charge in [0.1, 0.15) is 5.75 Å². The standard InChI is InChI=1S/C21H21N3O3S/c1-3-13-6-4-5-7-17(13)24-12-14(10-19(24)25)20(26)23-21-22-16-9-8-15(27-2)11-18(16)28-21/h4-9,11,14H,3,10,12H2,1-2H3,(H,22,23,26). The second kappa shape index (κ2) is 7.59. The number of para-hydroxylation sites is 1. The molecule has 28 heavy (non-hydrogen) atoms. The summed E-state index contributed by atoms with van der Waals surface area (Å²) in [4.78, 5) is 31.5. The average Bonchev–Trinajstić information content (AvgIpc) is 3.29. The molecule has 1 aliphatic heterocycles. The Hall–Kier alpha value is -2.93. The first-order valence-corrected chi connectivity index (χ1v) is 10.0. The molecule has 0 saturated carbocycles. The molecule has 1 aromatic heterocycles. The van der Waals surface area contributed by atoms with E-state index in [1.165, 1.54) is 11.3 Å². The van der Waals surface area contributed by atoms with E-state index in [2.05, 4.69) is 17.2 Å². The maximum atomic E-state index is 12.7. The number of aromatic nitrogens is 1. The largest absolute Gasteiger partial charge is 0.497 e. The molecule has 1 saturated heterocycles. The zero-order valence-corrected chi connectivity index (χ0v) is 16.6. The number of nitrogens with zero attached hydrogens (tertiary/aromatic N) is 2. The molecule has 1 N–H and O–H groups in total. The van der Waals surface area contributed by atoms with Crippen molar-refractivity contribution in [2.45, 2.75) is 19.8 Å². The number of carbonyl (C=O) groups is 2. The van der Waals surface area contributed by atoms with Crippen LogP contribution in [0.1, 0.15) is 18.9 Å². The molecule has 6 nitrogen and oxygen atoms in total. The number of aryl methyl sites for hydroxylation is 1. The van der Waals surface area contributed by atoms with Crippen LogP contribution in [-0.2, 0) is 16.0 Å². The fraction of sp³-hybridized carbons (Fsp3) is 0.286. The van der Waals surface area contributed by atoms with Crippen LogP contribution < -0.4 is 15.0 Å². The van der Waals surface area contributed by atoms with Crippen molar-refractivity contribution in [3.63, 3.8) is 0 Å². The smallest absolute Gasteiger partial charge is 0.231 e. The van der Waals surface area contributed by atoms with E-state index in [0.717, 1.165) is 33.6 Å². The molecule has 1 atom stereocenters. The molecule has 3 aromatic rings. The first-order valence-electron chi connectivity index (χ1n) is 9.22. The van der Waals surface area contributed by atoms with Crippen molar-refractivity contribution in [1.82, 2.24) is 4.98 Å². The van der Waals surface area contributed by atoms with Crippen LogP contribution in [0.15, 0.2) is 42.5 Å². The number of rotatable bonds is 5. The Kier molecular flexibility index (Phi) is 5.00. The Balaban J connectivity index is 1.49. The van der Waals surface area contributed by atoms with Gasteiger partial charge in [0, 0.05) is 18.7 Å². The van der Waals surface area contributed by atoms with Gasteiger partial charge in [0.2, 0.25) is 11.8 Å². The topological polar surface area (TPSA) is 71.5 Å². The van der Waals surface area contributed by atoms with Gasteiger partial charge in [-0.05, 0) is 36.2 Å². The highest BCUT2D eigenvalue weighted by molar-refractivity contribution is 7.22. The molecule has 1 aliphatic rings. The van der Waals surface area contributed by atoms with Crippen molar-refractivity contribution in [3.8, 4) is 5.75 Å². The number of ether oxygens (including phenoxy) is 1. The lowest BCUT2D eigenvalue weighted by atomic mass is 10.1. The van der Waals surface area contributed by atoms with Gasteiger partial charge in [-0.25, -0.2) is 4.98 Å². The number of fused-ring (bicyclic) bond motifs is 1. The molecule has 0 radical (unpaired) electrons. The van der Waals surface area contributed by atoms with Gasteiger partial charge in [-0.1, -0.05) is 36.5 Å². The van der Waals surface area contributed by atoms with Gasteiger partial charge in [0.05, 0.1) is 23.2 Å². The van der Waals surface area contributed by atoms with Crippen LogP contribution in [0.25, 0.3) is 10.2 Å². The Labute approximate surface area is 167 Å². The van der Waals surface area contributed by atoms with Crippen LogP contribution in [0.4, 0.5) is 10.8 Å². The molecule has 0 bridgehead atoms. The zero-order chi connectivity index (χ0) is 19.7. The highest BCUT2D eigenvalue weighted by atomic mass is 32.1. The molecule has 1 fully saturated rings. The number of anilines is 2. The van der Waals surface area contributed by atoms with E-state index in [9.17, 15) is 9.59 Å². The maximum absolute atomic E-state index is 12.7. The summed E-state index contributed by atoms with van der Waals surface area (Å²) in [6.45, 7) is 2.45. The number of hydrogen-bond acceptors (Lipinski definition) is 5. The van der Waals surface area contributed by atoms with Crippen molar-refractivity contribution in [3.05, 3.63) is 48.0 Å². The highest BCUT2D eigenvalue weighted by Crippen LogP contribution is 2.32. The predicted octanol–water partition coefficient (Wildman–Crippen LogP) is 3.86. The van der Waals surface area contributed by atoms with Crippen LogP contribution in [0.5, 0.6) is 5.75 Å². The summed E-state index contributed by atoms with van der Waals surface area (Å²) in [7, 11) is 1.62. The maximum Gasteiger partial charge on any atom is 0.231 e. The first kappa shape index (κ1) is 18.4. The van der Waals surface area contributed by atoms with E-state index in [0.29, 0.717) is 11.7 Å². The molecule has 0 aliphatic carbocycles. The second-order valence-electron chi connectivity index (χ2n) is 6.73. The Bertz CT molecular complexity index is 1050. The van der Waals surface area contributed by atoms with Gasteiger partial charge in [0.25, 0.3) is 0 Å². The molecule has 2 aromatic carbocycles. The summed E-state index contributed by atoms with van der Waals surface area (Å²) < 4.78 is 6.17. The lowest BCUT2D eigenvalue weighted by molar-refractivity contribution is -0.122. The Morgan fingerprint density at radius 2 is 2.14 bits per heavy atom. The van der Waals surface area contributed by atoms with E-state index >= 15 is 0 Å². The minimum absolute atomic E-state index is 0.0184. The third-order valence-electron chi connectivity index (χ3n) is 4.98. The quantitative estimate of drug-likeness (QED) is 0.712. The fourth-order valence-corrected chi connectivity index (χ4v) is 4.38. The van der Waals surface area contributed by atoms with Crippen LogP contribution in [0.2, 0.25) is 0 Å². The van der Waals surface area contributed by atoms with Crippen molar-refractivity contribution < 1.29 is 14.3 Å². The number of hydrogen-bond donors (Lipinski definition) is 1. The normalized spacial score (nSPS) is 16.6. The number of nitrogens with one attached hydrogen (secondary N) is 1. The van der Waals surface area contributed by atoms with Gasteiger partial charge in [-0.15, -0.1) is 0 Å². The third-order valence-corrected chi connectivity index (χ3v) is 5.92. The monoisotopic (exact) mass is 395 g/mol. The molecule has 2 heterocycles. The number of benzene rings is 2. The summed E-state index contributed by atoms with van der Waals surface area (Å²) in [6.07, 6.45) is 1.05. The SMILES string of the molecule is CCc1ccccc1N1CC(C(=O)Nc2nc3ccc(OC)cc3s2)CC1=O. The van der Waals surface area contributed by atoms with Gasteiger partial charge in [0.15, 0.2) is 5.13 Å². The Morgan fingerprint density at radius 1 is 1.32 bits per heavy atom. The lowest BCUT2D eigenvalue weighted by Gasteiger charge is -2.19. The lowest BCUT2D eigenvalue weighted by Crippen LogP contribution is -2.28. The molecular weight excluding hydrogens is 374 g/mol. The molecule has 2 amide bonds. The van der Waals surface area contributed by atoms with E-state index in [1.807, 2.05) is 42.5 Å². The highest BCUT2D eigenvalue weighted by Gasteiger charge is 2.36. The summed E-state index contributed by atoms with van der Waals surface area (Å²) in [6, 6.07) is 13.4. The minimum Gasteiger partial charge on any atom is -0.497 e. The average molecular weight is 395 g/mol. The summed E-state index contributed by atoms with van der Waals surface area (Å²) >= 11 is 1.40. The minimum atomic E-state index is -0.390. The second-order valence-corrected chi connectivity index (χ2v) is 7.76. The van der Waals surface area contributed by atoms with Crippen LogP contribution >= 0.6 is 11.3 Å². The van der Waals surface area contributed by atoms with E-state index in [-0.39, 0.29) is 24.2 Å². The number of carbonyl (C=O) groups excluding carboxylic acids is 2. The zero-order valence-electron chi connectivity index (χ0n) is 15.8. The van der Waals surface area contributed by atoms with Crippen molar-refractivity contribution in [2.75, 3.05) is 23.9 Å².